The summed E-state index contributed by atoms with van der Waals surface area (Å²) in [5, 5.41) is 3.00. The number of benzene rings is 2. The molecule has 2 aromatic carbocycles. The molecule has 5 nitrogen and oxygen atoms in total. The number of carbonyl (C=O) groups excluding carboxylic acids is 1. The van der Waals surface area contributed by atoms with E-state index in [9.17, 15) is 9.18 Å². The Labute approximate surface area is 150 Å². The Morgan fingerprint density at radius 1 is 1.16 bits per heavy atom. The molecule has 0 aliphatic carbocycles. The molecule has 0 aliphatic rings. The average molecular weight is 359 g/mol. The van der Waals surface area contributed by atoms with Crippen LogP contribution in [0, 0.1) is 12.7 Å². The topological polar surface area (TPSA) is 62.4 Å². The van der Waals surface area contributed by atoms with Crippen LogP contribution < -0.4 is 20.9 Å². The van der Waals surface area contributed by atoms with Gasteiger partial charge in [0, 0.05) is 17.3 Å². The molecule has 0 unspecified atom stereocenters. The number of anilines is 1. The van der Waals surface area contributed by atoms with Crippen LogP contribution in [-0.2, 0) is 4.79 Å². The summed E-state index contributed by atoms with van der Waals surface area (Å²) in [5.74, 6) is -0.0441. The first-order valence-electron chi connectivity index (χ1n) is 7.43. The Bertz CT molecular complexity index is 791. The zero-order valence-electron chi connectivity index (χ0n) is 13.8. The molecule has 2 rings (SSSR count). The van der Waals surface area contributed by atoms with E-state index in [-0.39, 0.29) is 16.8 Å². The third-order valence-corrected chi connectivity index (χ3v) is 3.40. The molecule has 0 fully saturated rings. The third kappa shape index (κ3) is 5.89. The Morgan fingerprint density at radius 3 is 2.56 bits per heavy atom. The maximum absolute atomic E-state index is 12.8. The Balaban J connectivity index is 1.87. The molecular formula is C18H18FN3O2S. The van der Waals surface area contributed by atoms with E-state index in [1.807, 2.05) is 25.1 Å². The van der Waals surface area contributed by atoms with Crippen LogP contribution in [0.5, 0.6) is 5.75 Å². The highest BCUT2D eigenvalue weighted by molar-refractivity contribution is 7.80. The maximum Gasteiger partial charge on any atom is 0.262 e. The zero-order valence-corrected chi connectivity index (χ0v) is 14.6. The number of ether oxygens (including phenoxy) is 1. The second-order valence-electron chi connectivity index (χ2n) is 5.15. The number of methoxy groups -OCH3 is 1. The number of amides is 1. The molecule has 0 saturated carbocycles. The lowest BCUT2D eigenvalue weighted by Gasteiger charge is -2.10. The molecule has 0 heterocycles. The summed E-state index contributed by atoms with van der Waals surface area (Å²) in [4.78, 5) is 11.9. The molecule has 2 aromatic rings. The van der Waals surface area contributed by atoms with Gasteiger partial charge < -0.3 is 10.1 Å². The van der Waals surface area contributed by atoms with Crippen molar-refractivity contribution in [3.05, 3.63) is 65.5 Å². The van der Waals surface area contributed by atoms with Crippen LogP contribution in [0.2, 0.25) is 0 Å². The maximum atomic E-state index is 12.8. The number of hydrogen-bond acceptors (Lipinski definition) is 3. The lowest BCUT2D eigenvalue weighted by atomic mass is 10.1. The normalized spacial score (nSPS) is 10.4. The molecule has 0 aromatic heterocycles. The van der Waals surface area contributed by atoms with Crippen LogP contribution in [0.25, 0.3) is 6.08 Å². The van der Waals surface area contributed by atoms with Crippen LogP contribution in [0.4, 0.5) is 10.1 Å². The number of hydrogen-bond donors (Lipinski definition) is 3. The summed E-state index contributed by atoms with van der Waals surface area (Å²) >= 11 is 5.05. The smallest absolute Gasteiger partial charge is 0.262 e. The molecule has 0 bridgehead atoms. The first kappa shape index (κ1) is 18.4. The van der Waals surface area contributed by atoms with Gasteiger partial charge in [0.15, 0.2) is 5.11 Å². The molecule has 7 heteroatoms. The van der Waals surface area contributed by atoms with Gasteiger partial charge in [-0.3, -0.25) is 15.6 Å². The van der Waals surface area contributed by atoms with Crippen LogP contribution in [0.1, 0.15) is 11.1 Å². The molecule has 0 spiro atoms. The van der Waals surface area contributed by atoms with Crippen molar-refractivity contribution in [2.24, 2.45) is 0 Å². The Hall–Kier alpha value is -2.93. The Kier molecular flexibility index (Phi) is 6.47. The molecule has 3 N–H and O–H groups in total. The quantitative estimate of drug-likeness (QED) is 0.445. The highest BCUT2D eigenvalue weighted by Gasteiger charge is 2.02. The first-order valence-corrected chi connectivity index (χ1v) is 7.84. The number of rotatable bonds is 4. The summed E-state index contributed by atoms with van der Waals surface area (Å²) in [6.07, 6.45) is 3.02. The van der Waals surface area contributed by atoms with Crippen LogP contribution in [0.3, 0.4) is 0 Å². The minimum Gasteiger partial charge on any atom is -0.496 e. The van der Waals surface area contributed by atoms with E-state index in [1.165, 1.54) is 30.3 Å². The summed E-state index contributed by atoms with van der Waals surface area (Å²) in [7, 11) is 1.57. The predicted molar refractivity (Wildman–Crippen MR) is 101 cm³/mol. The van der Waals surface area contributed by atoms with Gasteiger partial charge in [-0.05, 0) is 61.6 Å². The van der Waals surface area contributed by atoms with Crippen molar-refractivity contribution >= 4 is 35.0 Å². The predicted octanol–water partition coefficient (Wildman–Crippen LogP) is 3.17. The summed E-state index contributed by atoms with van der Waals surface area (Å²) in [5.41, 5.74) is 7.47. The number of halogens is 1. The average Bonchev–Trinajstić information content (AvgIpc) is 2.60. The number of thiocarbonyl (C=S) groups is 1. The highest BCUT2D eigenvalue weighted by Crippen LogP contribution is 2.20. The van der Waals surface area contributed by atoms with E-state index >= 15 is 0 Å². The van der Waals surface area contributed by atoms with Crippen molar-refractivity contribution in [1.29, 1.82) is 0 Å². The van der Waals surface area contributed by atoms with Crippen molar-refractivity contribution in [3.63, 3.8) is 0 Å². The van der Waals surface area contributed by atoms with Gasteiger partial charge in [-0.1, -0.05) is 11.6 Å². The molecular weight excluding hydrogens is 341 g/mol. The lowest BCUT2D eigenvalue weighted by Crippen LogP contribution is -2.43. The van der Waals surface area contributed by atoms with E-state index in [0.29, 0.717) is 11.4 Å². The van der Waals surface area contributed by atoms with Crippen molar-refractivity contribution in [2.45, 2.75) is 6.92 Å². The van der Waals surface area contributed by atoms with Crippen LogP contribution in [-0.4, -0.2) is 18.1 Å². The van der Waals surface area contributed by atoms with Crippen molar-refractivity contribution < 1.29 is 13.9 Å². The van der Waals surface area contributed by atoms with Gasteiger partial charge in [-0.25, -0.2) is 4.39 Å². The van der Waals surface area contributed by atoms with E-state index in [0.717, 1.165) is 11.1 Å². The number of carbonyl (C=O) groups is 1. The number of hydrazine groups is 1. The summed E-state index contributed by atoms with van der Waals surface area (Å²) in [6.45, 7) is 1.96. The van der Waals surface area contributed by atoms with Crippen molar-refractivity contribution in [1.82, 2.24) is 10.9 Å². The van der Waals surface area contributed by atoms with E-state index in [1.54, 1.807) is 13.2 Å². The minimum atomic E-state index is -0.383. The van der Waals surface area contributed by atoms with Gasteiger partial charge in [-0.2, -0.15) is 0 Å². The molecule has 0 radical (unpaired) electrons. The fourth-order valence-electron chi connectivity index (χ4n) is 2.01. The van der Waals surface area contributed by atoms with Gasteiger partial charge >= 0.3 is 0 Å². The SMILES string of the molecule is COc1ccc(C)cc1/C=C/C(=O)NNC(=S)Nc1ccc(F)cc1. The summed E-state index contributed by atoms with van der Waals surface area (Å²) in [6, 6.07) is 11.4. The van der Waals surface area contributed by atoms with E-state index in [4.69, 9.17) is 17.0 Å². The van der Waals surface area contributed by atoms with Crippen LogP contribution in [0.15, 0.2) is 48.5 Å². The molecule has 0 saturated heterocycles. The lowest BCUT2D eigenvalue weighted by molar-refractivity contribution is -0.116. The zero-order chi connectivity index (χ0) is 18.2. The van der Waals surface area contributed by atoms with Crippen molar-refractivity contribution in [2.75, 3.05) is 12.4 Å². The molecule has 0 atom stereocenters. The molecule has 0 aliphatic heterocycles. The Morgan fingerprint density at radius 2 is 1.88 bits per heavy atom. The second kappa shape index (κ2) is 8.79. The second-order valence-corrected chi connectivity index (χ2v) is 5.56. The van der Waals surface area contributed by atoms with E-state index < -0.39 is 0 Å². The fourth-order valence-corrected chi connectivity index (χ4v) is 2.17. The minimum absolute atomic E-state index is 0.182. The number of nitrogens with one attached hydrogen (secondary N) is 3. The molecule has 1 amide bonds. The first-order chi connectivity index (χ1) is 12.0. The van der Waals surface area contributed by atoms with E-state index in [2.05, 4.69) is 16.2 Å². The standard InChI is InChI=1S/C18H18FN3O2S/c1-12-3-9-16(24-2)13(11-12)4-10-17(23)21-22-18(25)20-15-7-5-14(19)6-8-15/h3-11H,1-2H3,(H,21,23)(H2,20,22,25)/b10-4+. The number of aryl methyl sites for hydroxylation is 1. The van der Waals surface area contributed by atoms with Gasteiger partial charge in [0.25, 0.3) is 5.91 Å². The van der Waals surface area contributed by atoms with Gasteiger partial charge in [0.05, 0.1) is 7.11 Å². The molecule has 25 heavy (non-hydrogen) atoms. The largest absolute Gasteiger partial charge is 0.496 e. The van der Waals surface area contributed by atoms with Gasteiger partial charge in [0.1, 0.15) is 11.6 Å². The molecule has 130 valence electrons. The van der Waals surface area contributed by atoms with Gasteiger partial charge in [-0.15, -0.1) is 0 Å². The van der Waals surface area contributed by atoms with Crippen molar-refractivity contribution in [3.8, 4) is 5.75 Å². The fraction of sp³-hybridized carbons (Fsp3) is 0.111. The summed E-state index contributed by atoms with van der Waals surface area (Å²) < 4.78 is 18.1. The monoisotopic (exact) mass is 359 g/mol. The van der Waals surface area contributed by atoms with Crippen LogP contribution >= 0.6 is 12.2 Å². The third-order valence-electron chi connectivity index (χ3n) is 3.20. The highest BCUT2D eigenvalue weighted by atomic mass is 32.1. The van der Waals surface area contributed by atoms with Gasteiger partial charge in [0.2, 0.25) is 0 Å².